The number of piperidine rings is 1. The van der Waals surface area contributed by atoms with Crippen LogP contribution in [0.5, 0.6) is 0 Å². The number of carbonyl (C=O) groups excluding carboxylic acids is 1. The summed E-state index contributed by atoms with van der Waals surface area (Å²) in [5, 5.41) is 3.40. The maximum absolute atomic E-state index is 15.1. The molecule has 2 aliphatic heterocycles. The van der Waals surface area contributed by atoms with E-state index in [0.717, 1.165) is 25.9 Å². The van der Waals surface area contributed by atoms with E-state index in [1.165, 1.54) is 0 Å². The molecule has 0 bridgehead atoms. The summed E-state index contributed by atoms with van der Waals surface area (Å²) in [6.07, 6.45) is 1.27. The van der Waals surface area contributed by atoms with E-state index in [1.54, 1.807) is 11.0 Å². The smallest absolute Gasteiger partial charge is 0.410 e. The van der Waals surface area contributed by atoms with Crippen molar-refractivity contribution >= 4 is 23.5 Å². The second-order valence-corrected chi connectivity index (χ2v) is 8.95. The molecule has 2 fully saturated rings. The number of morpholine rings is 1. The lowest BCUT2D eigenvalue weighted by Gasteiger charge is -2.34. The molecular weight excluding hydrogens is 399 g/mol. The van der Waals surface area contributed by atoms with Gasteiger partial charge >= 0.3 is 6.09 Å². The van der Waals surface area contributed by atoms with Crippen LogP contribution in [0.15, 0.2) is 6.07 Å². The maximum Gasteiger partial charge on any atom is 0.410 e. The Hall–Kier alpha value is -1.64. The van der Waals surface area contributed by atoms with Gasteiger partial charge in [-0.05, 0) is 39.7 Å². The van der Waals surface area contributed by atoms with Gasteiger partial charge in [0.2, 0.25) is 0 Å². The van der Waals surface area contributed by atoms with Crippen LogP contribution in [0.3, 0.4) is 0 Å². The van der Waals surface area contributed by atoms with Gasteiger partial charge in [-0.3, -0.25) is 4.90 Å². The van der Waals surface area contributed by atoms with Crippen molar-refractivity contribution in [2.75, 3.05) is 44.7 Å². The molecule has 1 aromatic heterocycles. The lowest BCUT2D eigenvalue weighted by atomic mass is 10.1. The lowest BCUT2D eigenvalue weighted by molar-refractivity contribution is 0.0206. The van der Waals surface area contributed by atoms with E-state index >= 15 is 4.39 Å². The normalized spacial score (nSPS) is 21.1. The number of ether oxygens (including phenoxy) is 2. The van der Waals surface area contributed by atoms with Gasteiger partial charge in [0.05, 0.1) is 13.2 Å². The molecule has 0 aromatic carbocycles. The molecule has 1 amide bonds. The molecule has 162 valence electrons. The van der Waals surface area contributed by atoms with Crippen molar-refractivity contribution in [1.29, 1.82) is 0 Å². The number of nitrogens with one attached hydrogen (secondary N) is 1. The summed E-state index contributed by atoms with van der Waals surface area (Å²) in [6, 6.07) is 1.46. The fourth-order valence-corrected chi connectivity index (χ4v) is 3.76. The number of aromatic nitrogens is 1. The fraction of sp³-hybridized carbons (Fsp3) is 0.700. The van der Waals surface area contributed by atoms with E-state index in [-0.39, 0.29) is 23.1 Å². The highest BCUT2D eigenvalue weighted by atomic mass is 35.5. The second kappa shape index (κ2) is 9.45. The zero-order valence-electron chi connectivity index (χ0n) is 17.3. The highest BCUT2D eigenvalue weighted by Crippen LogP contribution is 2.25. The maximum atomic E-state index is 15.1. The quantitative estimate of drug-likeness (QED) is 0.740. The first-order chi connectivity index (χ1) is 13.7. The molecule has 3 heterocycles. The molecule has 7 nitrogen and oxygen atoms in total. The van der Waals surface area contributed by atoms with E-state index in [1.807, 2.05) is 20.8 Å². The molecule has 3 rings (SSSR count). The number of nitrogens with zero attached hydrogens (tertiary/aromatic N) is 3. The van der Waals surface area contributed by atoms with Crippen molar-refractivity contribution in [1.82, 2.24) is 14.8 Å². The Kier molecular flexibility index (Phi) is 7.19. The van der Waals surface area contributed by atoms with Crippen LogP contribution in [0, 0.1) is 5.82 Å². The highest BCUT2D eigenvalue weighted by Gasteiger charge is 2.28. The first-order valence-electron chi connectivity index (χ1n) is 10.1. The average Bonchev–Trinajstić information content (AvgIpc) is 2.65. The van der Waals surface area contributed by atoms with E-state index < -0.39 is 11.4 Å². The van der Waals surface area contributed by atoms with Crippen molar-refractivity contribution in [3.8, 4) is 0 Å². The summed E-state index contributed by atoms with van der Waals surface area (Å²) >= 11 is 6.16. The number of likely N-dealkylation sites (tertiary alicyclic amines) is 1. The molecule has 2 saturated heterocycles. The predicted octanol–water partition coefficient (Wildman–Crippen LogP) is 3.52. The first kappa shape index (κ1) is 22.1. The third-order valence-electron chi connectivity index (χ3n) is 4.91. The van der Waals surface area contributed by atoms with Crippen molar-refractivity contribution in [2.24, 2.45) is 0 Å². The molecule has 0 unspecified atom stereocenters. The fourth-order valence-electron chi connectivity index (χ4n) is 3.54. The molecule has 0 aliphatic carbocycles. The zero-order valence-corrected chi connectivity index (χ0v) is 18.1. The predicted molar refractivity (Wildman–Crippen MR) is 110 cm³/mol. The third kappa shape index (κ3) is 6.42. The number of rotatable bonds is 4. The van der Waals surface area contributed by atoms with Crippen molar-refractivity contribution in [3.63, 3.8) is 0 Å². The van der Waals surface area contributed by atoms with Gasteiger partial charge < -0.3 is 19.7 Å². The van der Waals surface area contributed by atoms with Crippen LogP contribution in [0.25, 0.3) is 0 Å². The second-order valence-electron chi connectivity index (χ2n) is 8.57. The number of anilines is 1. The van der Waals surface area contributed by atoms with Crippen molar-refractivity contribution < 1.29 is 18.7 Å². The van der Waals surface area contributed by atoms with Crippen LogP contribution in [-0.4, -0.2) is 71.9 Å². The van der Waals surface area contributed by atoms with Crippen molar-refractivity contribution in [3.05, 3.63) is 22.6 Å². The van der Waals surface area contributed by atoms with Gasteiger partial charge in [0.25, 0.3) is 0 Å². The van der Waals surface area contributed by atoms with Crippen LogP contribution < -0.4 is 5.32 Å². The topological polar surface area (TPSA) is 66.9 Å². The Balaban J connectivity index is 1.66. The van der Waals surface area contributed by atoms with Gasteiger partial charge in [-0.15, -0.1) is 0 Å². The van der Waals surface area contributed by atoms with Crippen LogP contribution >= 0.6 is 11.6 Å². The van der Waals surface area contributed by atoms with Crippen LogP contribution in [0.4, 0.5) is 15.0 Å². The summed E-state index contributed by atoms with van der Waals surface area (Å²) < 4.78 is 25.9. The van der Waals surface area contributed by atoms with Crippen LogP contribution in [-0.2, 0) is 16.0 Å². The minimum Gasteiger partial charge on any atom is -0.444 e. The Bertz CT molecular complexity index is 722. The molecule has 0 spiro atoms. The summed E-state index contributed by atoms with van der Waals surface area (Å²) in [5.41, 5.74) is -0.0406. The van der Waals surface area contributed by atoms with E-state index in [0.29, 0.717) is 38.4 Å². The standard InChI is InChI=1S/C20H30ClFN4O3/c1-20(2,3)29-19(27)26-6-4-5-15(13-26)23-18-17(22)14(11-16(21)24-18)12-25-7-9-28-10-8-25/h11,15H,4-10,12-13H2,1-3H3,(H,23,24)/t15-/m0/s1. The number of hydrogen-bond acceptors (Lipinski definition) is 6. The Morgan fingerprint density at radius 1 is 1.38 bits per heavy atom. The number of hydrogen-bond donors (Lipinski definition) is 1. The molecular formula is C20H30ClFN4O3. The van der Waals surface area contributed by atoms with Crippen LogP contribution in [0.2, 0.25) is 5.15 Å². The van der Waals surface area contributed by atoms with Gasteiger partial charge in [0, 0.05) is 44.3 Å². The van der Waals surface area contributed by atoms with Gasteiger partial charge in [0.15, 0.2) is 11.6 Å². The van der Waals surface area contributed by atoms with E-state index in [2.05, 4.69) is 15.2 Å². The third-order valence-corrected chi connectivity index (χ3v) is 5.11. The van der Waals surface area contributed by atoms with Gasteiger partial charge in [-0.1, -0.05) is 11.6 Å². The van der Waals surface area contributed by atoms with E-state index in [4.69, 9.17) is 21.1 Å². The summed E-state index contributed by atoms with van der Waals surface area (Å²) in [5.74, 6) is -0.257. The van der Waals surface area contributed by atoms with Crippen molar-refractivity contribution in [2.45, 2.75) is 51.8 Å². The zero-order chi connectivity index (χ0) is 21.0. The summed E-state index contributed by atoms with van der Waals surface area (Å²) in [7, 11) is 0. The average molecular weight is 429 g/mol. The molecule has 9 heteroatoms. The monoisotopic (exact) mass is 428 g/mol. The highest BCUT2D eigenvalue weighted by molar-refractivity contribution is 6.29. The molecule has 0 saturated carbocycles. The molecule has 1 N–H and O–H groups in total. The Morgan fingerprint density at radius 2 is 2.10 bits per heavy atom. The molecule has 29 heavy (non-hydrogen) atoms. The largest absolute Gasteiger partial charge is 0.444 e. The lowest BCUT2D eigenvalue weighted by Crippen LogP contribution is -2.47. The molecule has 1 aromatic rings. The molecule has 1 atom stereocenters. The van der Waals surface area contributed by atoms with E-state index in [9.17, 15) is 4.79 Å². The minimum atomic E-state index is -0.549. The number of halogens is 2. The Morgan fingerprint density at radius 3 is 2.79 bits per heavy atom. The van der Waals surface area contributed by atoms with Gasteiger partial charge in [0.1, 0.15) is 10.8 Å². The van der Waals surface area contributed by atoms with Gasteiger partial charge in [-0.2, -0.15) is 0 Å². The number of amides is 1. The Labute approximate surface area is 176 Å². The molecule has 0 radical (unpaired) electrons. The minimum absolute atomic E-state index is 0.118. The number of pyridine rings is 1. The summed E-state index contributed by atoms with van der Waals surface area (Å²) in [4.78, 5) is 20.3. The summed E-state index contributed by atoms with van der Waals surface area (Å²) in [6.45, 7) is 9.85. The number of carbonyl (C=O) groups is 1. The van der Waals surface area contributed by atoms with Gasteiger partial charge in [-0.25, -0.2) is 14.2 Å². The van der Waals surface area contributed by atoms with Crippen LogP contribution in [0.1, 0.15) is 39.2 Å². The SMILES string of the molecule is CC(C)(C)OC(=O)N1CCC[C@H](Nc2nc(Cl)cc(CN3CCOCC3)c2F)C1. The first-order valence-corrected chi connectivity index (χ1v) is 10.5. The molecule has 2 aliphatic rings.